The fourth-order valence-electron chi connectivity index (χ4n) is 3.07. The molecule has 0 aliphatic heterocycles. The maximum absolute atomic E-state index is 4.71. The van der Waals surface area contributed by atoms with Gasteiger partial charge in [-0.15, -0.1) is 0 Å². The quantitative estimate of drug-likeness (QED) is 0.495. The van der Waals surface area contributed by atoms with Crippen LogP contribution in [0.3, 0.4) is 0 Å². The lowest BCUT2D eigenvalue weighted by Gasteiger charge is -2.09. The molecular weight excluding hydrogens is 356 g/mol. The zero-order chi connectivity index (χ0) is 18.6. The molecule has 0 spiro atoms. The monoisotopic (exact) mass is 378 g/mol. The molecule has 138 valence electrons. The minimum atomic E-state index is 0.887. The Morgan fingerprint density at radius 3 is 2.67 bits per heavy atom. The van der Waals surface area contributed by atoms with E-state index < -0.39 is 0 Å². The van der Waals surface area contributed by atoms with Crippen molar-refractivity contribution in [2.45, 2.75) is 19.2 Å². The van der Waals surface area contributed by atoms with E-state index >= 15 is 0 Å². The predicted molar refractivity (Wildman–Crippen MR) is 109 cm³/mol. The Hall–Kier alpha value is -2.80. The highest BCUT2D eigenvalue weighted by Crippen LogP contribution is 2.31. The molecule has 27 heavy (non-hydrogen) atoms. The lowest BCUT2D eigenvalue weighted by molar-refractivity contribution is 0.766. The number of rotatable bonds is 7. The molecule has 0 unspecified atom stereocenters. The topological polar surface area (TPSA) is 64.3 Å². The van der Waals surface area contributed by atoms with Gasteiger partial charge in [-0.2, -0.15) is 16.9 Å². The molecule has 0 bridgehead atoms. The van der Waals surface area contributed by atoms with Crippen molar-refractivity contribution in [1.29, 1.82) is 0 Å². The second-order valence-corrected chi connectivity index (χ2v) is 7.54. The number of aromatic amines is 1. The van der Waals surface area contributed by atoms with E-state index in [1.807, 2.05) is 60.4 Å². The number of H-pyrrole nitrogens is 1. The molecule has 7 heteroatoms. The van der Waals surface area contributed by atoms with Crippen LogP contribution in [-0.2, 0) is 19.3 Å². The summed E-state index contributed by atoms with van der Waals surface area (Å²) in [6, 6.07) is 10.3. The molecule has 0 radical (unpaired) electrons. The summed E-state index contributed by atoms with van der Waals surface area (Å²) in [5.74, 6) is 1.90. The Bertz CT molecular complexity index is 1010. The van der Waals surface area contributed by atoms with Crippen LogP contribution in [0.15, 0.2) is 55.4 Å². The first-order valence-corrected chi connectivity index (χ1v) is 10.0. The van der Waals surface area contributed by atoms with E-state index in [-0.39, 0.29) is 0 Å². The first kappa shape index (κ1) is 17.6. The van der Waals surface area contributed by atoms with Gasteiger partial charge in [-0.1, -0.05) is 30.3 Å². The fraction of sp³-hybridized carbons (Fsp3) is 0.250. The fourth-order valence-corrected chi connectivity index (χ4v) is 4.02. The van der Waals surface area contributed by atoms with Gasteiger partial charge >= 0.3 is 0 Å². The van der Waals surface area contributed by atoms with Crippen LogP contribution in [0.4, 0.5) is 0 Å². The molecular formula is C20H22N6S. The third-order valence-electron chi connectivity index (χ3n) is 4.51. The SMILES string of the molecule is Cc1[nH]cnc1CSCCn1cnc(-c2ccccc2)c1-c1cnn(C)c1. The van der Waals surface area contributed by atoms with Crippen molar-refractivity contribution in [3.8, 4) is 22.5 Å². The maximum Gasteiger partial charge on any atom is 0.0964 e. The summed E-state index contributed by atoms with van der Waals surface area (Å²) in [4.78, 5) is 12.2. The van der Waals surface area contributed by atoms with Crippen LogP contribution < -0.4 is 0 Å². The van der Waals surface area contributed by atoms with Crippen LogP contribution >= 0.6 is 11.8 Å². The lowest BCUT2D eigenvalue weighted by atomic mass is 10.1. The van der Waals surface area contributed by atoms with E-state index in [0.29, 0.717) is 0 Å². The molecule has 0 saturated carbocycles. The van der Waals surface area contributed by atoms with Crippen molar-refractivity contribution in [3.05, 3.63) is 66.8 Å². The van der Waals surface area contributed by atoms with Crippen LogP contribution in [0.1, 0.15) is 11.4 Å². The molecule has 3 heterocycles. The van der Waals surface area contributed by atoms with Crippen molar-refractivity contribution in [2.75, 3.05) is 5.75 Å². The second kappa shape index (κ2) is 7.84. The van der Waals surface area contributed by atoms with Gasteiger partial charge in [-0.3, -0.25) is 4.68 Å². The summed E-state index contributed by atoms with van der Waals surface area (Å²) >= 11 is 1.88. The van der Waals surface area contributed by atoms with Gasteiger partial charge in [-0.05, 0) is 6.92 Å². The first-order chi connectivity index (χ1) is 13.2. The van der Waals surface area contributed by atoms with Gasteiger partial charge in [-0.25, -0.2) is 9.97 Å². The summed E-state index contributed by atoms with van der Waals surface area (Å²) in [6.45, 7) is 2.95. The minimum absolute atomic E-state index is 0.887. The highest BCUT2D eigenvalue weighted by atomic mass is 32.2. The number of hydrogen-bond acceptors (Lipinski definition) is 4. The smallest absolute Gasteiger partial charge is 0.0964 e. The van der Waals surface area contributed by atoms with Gasteiger partial charge in [0, 0.05) is 48.1 Å². The average Bonchev–Trinajstić information content (AvgIpc) is 3.39. The van der Waals surface area contributed by atoms with Crippen molar-refractivity contribution >= 4 is 11.8 Å². The molecule has 0 aliphatic rings. The molecule has 0 saturated heterocycles. The number of thioether (sulfide) groups is 1. The minimum Gasteiger partial charge on any atom is -0.348 e. The van der Waals surface area contributed by atoms with E-state index in [1.165, 1.54) is 0 Å². The summed E-state index contributed by atoms with van der Waals surface area (Å²) < 4.78 is 4.06. The van der Waals surface area contributed by atoms with E-state index in [9.17, 15) is 0 Å². The molecule has 1 aromatic carbocycles. The Morgan fingerprint density at radius 2 is 1.96 bits per heavy atom. The van der Waals surface area contributed by atoms with Crippen LogP contribution in [0.5, 0.6) is 0 Å². The Kier molecular flexibility index (Phi) is 5.11. The predicted octanol–water partition coefficient (Wildman–Crippen LogP) is 3.92. The zero-order valence-electron chi connectivity index (χ0n) is 15.5. The summed E-state index contributed by atoms with van der Waals surface area (Å²) in [6.07, 6.45) is 7.64. The Morgan fingerprint density at radius 1 is 1.11 bits per heavy atom. The van der Waals surface area contributed by atoms with Gasteiger partial charge < -0.3 is 9.55 Å². The molecule has 0 fully saturated rings. The maximum atomic E-state index is 4.71. The van der Waals surface area contributed by atoms with Crippen molar-refractivity contribution < 1.29 is 0 Å². The number of aromatic nitrogens is 6. The second-order valence-electron chi connectivity index (χ2n) is 6.43. The highest BCUT2D eigenvalue weighted by Gasteiger charge is 2.16. The summed E-state index contributed by atoms with van der Waals surface area (Å²) in [5.41, 5.74) is 6.59. The van der Waals surface area contributed by atoms with Crippen LogP contribution in [0, 0.1) is 6.92 Å². The van der Waals surface area contributed by atoms with Gasteiger partial charge in [0.25, 0.3) is 0 Å². The number of nitrogens with zero attached hydrogens (tertiary/aromatic N) is 5. The molecule has 3 aromatic heterocycles. The Labute approximate surface area is 162 Å². The van der Waals surface area contributed by atoms with Gasteiger partial charge in [0.05, 0.1) is 35.9 Å². The van der Waals surface area contributed by atoms with Crippen molar-refractivity contribution in [3.63, 3.8) is 0 Å². The highest BCUT2D eigenvalue weighted by molar-refractivity contribution is 7.98. The third-order valence-corrected chi connectivity index (χ3v) is 5.46. The first-order valence-electron chi connectivity index (χ1n) is 8.88. The van der Waals surface area contributed by atoms with E-state index in [0.717, 1.165) is 52.0 Å². The Balaban J connectivity index is 1.55. The van der Waals surface area contributed by atoms with Crippen LogP contribution in [0.2, 0.25) is 0 Å². The van der Waals surface area contributed by atoms with Crippen LogP contribution in [-0.4, -0.2) is 35.1 Å². The standard InChI is InChI=1S/C20H22N6S/c1-15-18(22-13-21-15)12-27-9-8-26-14-23-19(16-6-4-3-5-7-16)20(26)17-10-24-25(2)11-17/h3-7,10-11,13-14H,8-9,12H2,1-2H3,(H,21,22). The number of imidazole rings is 2. The van der Waals surface area contributed by atoms with Crippen molar-refractivity contribution in [1.82, 2.24) is 29.3 Å². The number of hydrogen-bond donors (Lipinski definition) is 1. The average molecular weight is 379 g/mol. The van der Waals surface area contributed by atoms with Gasteiger partial charge in [0.2, 0.25) is 0 Å². The largest absolute Gasteiger partial charge is 0.348 e. The normalized spacial score (nSPS) is 11.2. The molecule has 1 N–H and O–H groups in total. The van der Waals surface area contributed by atoms with E-state index in [2.05, 4.69) is 38.7 Å². The molecule has 4 rings (SSSR count). The van der Waals surface area contributed by atoms with E-state index in [1.54, 1.807) is 6.33 Å². The summed E-state index contributed by atoms with van der Waals surface area (Å²) in [5, 5.41) is 4.35. The van der Waals surface area contributed by atoms with Gasteiger partial charge in [0.1, 0.15) is 0 Å². The molecule has 0 aliphatic carbocycles. The molecule has 0 atom stereocenters. The summed E-state index contributed by atoms with van der Waals surface area (Å²) in [7, 11) is 1.94. The van der Waals surface area contributed by atoms with Crippen LogP contribution in [0.25, 0.3) is 22.5 Å². The molecule has 0 amide bonds. The molecule has 6 nitrogen and oxygen atoms in total. The number of nitrogens with one attached hydrogen (secondary N) is 1. The third kappa shape index (κ3) is 3.83. The lowest BCUT2D eigenvalue weighted by Crippen LogP contribution is -2.02. The number of aryl methyl sites for hydroxylation is 3. The van der Waals surface area contributed by atoms with Crippen molar-refractivity contribution in [2.24, 2.45) is 7.05 Å². The van der Waals surface area contributed by atoms with E-state index in [4.69, 9.17) is 4.98 Å². The number of benzene rings is 1. The van der Waals surface area contributed by atoms with Gasteiger partial charge in [0.15, 0.2) is 0 Å². The molecule has 4 aromatic rings. The zero-order valence-corrected chi connectivity index (χ0v) is 16.3.